The summed E-state index contributed by atoms with van der Waals surface area (Å²) >= 11 is 0. The van der Waals surface area contributed by atoms with E-state index in [1.165, 1.54) is 0 Å². The highest BCUT2D eigenvalue weighted by atomic mass is 32.2. The first-order valence-corrected chi connectivity index (χ1v) is 7.99. The van der Waals surface area contributed by atoms with Crippen molar-refractivity contribution in [3.05, 3.63) is 24.3 Å². The molecule has 0 aliphatic heterocycles. The molecule has 0 spiro atoms. The average molecular weight is 302 g/mol. The molecule has 3 N–H and O–H groups in total. The quantitative estimate of drug-likeness (QED) is 0.587. The van der Waals surface area contributed by atoms with E-state index in [2.05, 4.69) is 10.0 Å². The smallest absolute Gasteiger partial charge is 0.242 e. The van der Waals surface area contributed by atoms with Crippen LogP contribution in [0.1, 0.15) is 13.8 Å². The molecule has 0 atom stereocenters. The van der Waals surface area contributed by atoms with Crippen molar-refractivity contribution in [3.63, 3.8) is 0 Å². The molecule has 0 unspecified atom stereocenters. The van der Waals surface area contributed by atoms with E-state index in [-0.39, 0.29) is 24.2 Å². The number of rotatable bonds is 9. The van der Waals surface area contributed by atoms with E-state index in [1.54, 1.807) is 38.1 Å². The van der Waals surface area contributed by atoms with Crippen LogP contribution >= 0.6 is 0 Å². The molecular weight excluding hydrogens is 280 g/mol. The van der Waals surface area contributed by atoms with Gasteiger partial charge in [-0.05, 0) is 26.0 Å². The zero-order chi connectivity index (χ0) is 15.0. The van der Waals surface area contributed by atoms with Crippen LogP contribution < -0.4 is 10.0 Å². The van der Waals surface area contributed by atoms with Gasteiger partial charge in [0, 0.05) is 12.6 Å². The maximum absolute atomic E-state index is 12.2. The van der Waals surface area contributed by atoms with Crippen molar-refractivity contribution in [2.75, 3.05) is 31.7 Å². The summed E-state index contributed by atoms with van der Waals surface area (Å²) in [6.45, 7) is 4.66. The van der Waals surface area contributed by atoms with Crippen LogP contribution in [-0.2, 0) is 14.8 Å². The van der Waals surface area contributed by atoms with Crippen LogP contribution in [0.15, 0.2) is 29.2 Å². The van der Waals surface area contributed by atoms with Crippen molar-refractivity contribution < 1.29 is 18.3 Å². The zero-order valence-electron chi connectivity index (χ0n) is 11.8. The number of sulfonamides is 1. The lowest BCUT2D eigenvalue weighted by molar-refractivity contribution is 0.0992. The molecule has 0 heterocycles. The van der Waals surface area contributed by atoms with Gasteiger partial charge in [0.15, 0.2) is 0 Å². The zero-order valence-corrected chi connectivity index (χ0v) is 12.6. The summed E-state index contributed by atoms with van der Waals surface area (Å²) in [5.41, 5.74) is 0.535. The van der Waals surface area contributed by atoms with Gasteiger partial charge in [0.2, 0.25) is 10.0 Å². The van der Waals surface area contributed by atoms with Gasteiger partial charge in [-0.1, -0.05) is 12.1 Å². The van der Waals surface area contributed by atoms with Crippen molar-refractivity contribution in [2.45, 2.75) is 24.8 Å². The monoisotopic (exact) mass is 302 g/mol. The highest BCUT2D eigenvalue weighted by Crippen LogP contribution is 2.20. The first-order chi connectivity index (χ1) is 9.47. The van der Waals surface area contributed by atoms with Crippen molar-refractivity contribution in [1.82, 2.24) is 4.72 Å². The molecular formula is C13H22N2O4S. The van der Waals surface area contributed by atoms with Crippen molar-refractivity contribution >= 4 is 15.7 Å². The van der Waals surface area contributed by atoms with Crippen LogP contribution in [0.2, 0.25) is 0 Å². The number of hydrogen-bond donors (Lipinski definition) is 3. The van der Waals surface area contributed by atoms with Gasteiger partial charge in [-0.25, -0.2) is 13.1 Å². The van der Waals surface area contributed by atoms with Gasteiger partial charge in [0.05, 0.1) is 25.5 Å². The fraction of sp³-hybridized carbons (Fsp3) is 0.538. The number of aliphatic hydroxyl groups excluding tert-OH is 1. The third kappa shape index (κ3) is 5.46. The maximum atomic E-state index is 12.2. The standard InChI is InChI=1S/C13H22N2O4S/c1-11(2)15-20(17,18)13-6-4-3-5-12(13)14-7-9-19-10-8-16/h3-6,11,14-16H,7-10H2,1-2H3. The molecule has 114 valence electrons. The molecule has 0 aliphatic rings. The van der Waals surface area contributed by atoms with E-state index in [4.69, 9.17) is 9.84 Å². The summed E-state index contributed by atoms with van der Waals surface area (Å²) in [5.74, 6) is 0. The lowest BCUT2D eigenvalue weighted by atomic mass is 10.3. The highest BCUT2D eigenvalue weighted by molar-refractivity contribution is 7.89. The van der Waals surface area contributed by atoms with Crippen molar-refractivity contribution in [2.24, 2.45) is 0 Å². The predicted molar refractivity (Wildman–Crippen MR) is 78.3 cm³/mol. The van der Waals surface area contributed by atoms with Crippen LogP contribution in [0, 0.1) is 0 Å². The van der Waals surface area contributed by atoms with Gasteiger partial charge in [-0.3, -0.25) is 0 Å². The Labute approximate surface area is 120 Å². The number of hydrogen-bond acceptors (Lipinski definition) is 5. The minimum atomic E-state index is -3.53. The summed E-state index contributed by atoms with van der Waals surface area (Å²) in [4.78, 5) is 0.218. The van der Waals surface area contributed by atoms with E-state index >= 15 is 0 Å². The number of ether oxygens (including phenoxy) is 1. The first kappa shape index (κ1) is 16.9. The van der Waals surface area contributed by atoms with Gasteiger partial charge in [-0.15, -0.1) is 0 Å². The summed E-state index contributed by atoms with van der Waals surface area (Å²) < 4.78 is 32.0. The summed E-state index contributed by atoms with van der Waals surface area (Å²) in [6, 6.07) is 6.55. The third-order valence-corrected chi connectivity index (χ3v) is 4.08. The van der Waals surface area contributed by atoms with Gasteiger partial charge < -0.3 is 15.2 Å². The Balaban J connectivity index is 2.73. The Bertz CT molecular complexity index is 503. The molecule has 20 heavy (non-hydrogen) atoms. The minimum absolute atomic E-state index is 0.0245. The van der Waals surface area contributed by atoms with Crippen molar-refractivity contribution in [1.29, 1.82) is 0 Å². The Morgan fingerprint density at radius 1 is 1.25 bits per heavy atom. The van der Waals surface area contributed by atoms with Crippen LogP contribution in [-0.4, -0.2) is 45.9 Å². The number of aliphatic hydroxyl groups is 1. The Hall–Kier alpha value is -1.15. The molecule has 1 rings (SSSR count). The molecule has 0 fully saturated rings. The topological polar surface area (TPSA) is 87.7 Å². The number of benzene rings is 1. The first-order valence-electron chi connectivity index (χ1n) is 6.51. The van der Waals surface area contributed by atoms with Crippen LogP contribution in [0.25, 0.3) is 0 Å². The number of anilines is 1. The number of nitrogens with one attached hydrogen (secondary N) is 2. The van der Waals surface area contributed by atoms with Gasteiger partial charge >= 0.3 is 0 Å². The summed E-state index contributed by atoms with van der Waals surface area (Å²) in [7, 11) is -3.53. The second-order valence-corrected chi connectivity index (χ2v) is 6.22. The Morgan fingerprint density at radius 3 is 2.60 bits per heavy atom. The van der Waals surface area contributed by atoms with E-state index in [0.717, 1.165) is 0 Å². The van der Waals surface area contributed by atoms with Crippen LogP contribution in [0.3, 0.4) is 0 Å². The molecule has 0 bridgehead atoms. The molecule has 0 aliphatic carbocycles. The molecule has 7 heteroatoms. The SMILES string of the molecule is CC(C)NS(=O)(=O)c1ccccc1NCCOCCO. The second kappa shape index (κ2) is 8.21. The largest absolute Gasteiger partial charge is 0.394 e. The van der Waals surface area contributed by atoms with Gasteiger partial charge in [-0.2, -0.15) is 0 Å². The molecule has 6 nitrogen and oxygen atoms in total. The lowest BCUT2D eigenvalue weighted by Crippen LogP contribution is -2.31. The van der Waals surface area contributed by atoms with E-state index in [0.29, 0.717) is 18.8 Å². The van der Waals surface area contributed by atoms with Crippen LogP contribution in [0.4, 0.5) is 5.69 Å². The third-order valence-electron chi connectivity index (χ3n) is 2.36. The molecule has 0 saturated heterocycles. The minimum Gasteiger partial charge on any atom is -0.394 e. The molecule has 1 aromatic rings. The van der Waals surface area contributed by atoms with E-state index in [9.17, 15) is 8.42 Å². The van der Waals surface area contributed by atoms with E-state index in [1.807, 2.05) is 0 Å². The van der Waals surface area contributed by atoms with Gasteiger partial charge in [0.25, 0.3) is 0 Å². The van der Waals surface area contributed by atoms with E-state index < -0.39 is 10.0 Å². The second-order valence-electron chi connectivity index (χ2n) is 4.53. The average Bonchev–Trinajstić information content (AvgIpc) is 2.37. The maximum Gasteiger partial charge on any atom is 0.242 e. The molecule has 1 aromatic carbocycles. The molecule has 0 amide bonds. The molecule has 0 saturated carbocycles. The Kier molecular flexibility index (Phi) is 6.94. The lowest BCUT2D eigenvalue weighted by Gasteiger charge is -2.14. The predicted octanol–water partition coefficient (Wildman–Crippen LogP) is 0.794. The summed E-state index contributed by atoms with van der Waals surface area (Å²) in [5, 5.41) is 11.6. The molecule has 0 radical (unpaired) electrons. The number of para-hydroxylation sites is 1. The van der Waals surface area contributed by atoms with Crippen molar-refractivity contribution in [3.8, 4) is 0 Å². The fourth-order valence-corrected chi connectivity index (χ4v) is 3.08. The summed E-state index contributed by atoms with van der Waals surface area (Å²) in [6.07, 6.45) is 0. The fourth-order valence-electron chi connectivity index (χ4n) is 1.65. The highest BCUT2D eigenvalue weighted by Gasteiger charge is 2.18. The van der Waals surface area contributed by atoms with Crippen LogP contribution in [0.5, 0.6) is 0 Å². The Morgan fingerprint density at radius 2 is 1.95 bits per heavy atom. The normalized spacial score (nSPS) is 11.8. The van der Waals surface area contributed by atoms with Gasteiger partial charge in [0.1, 0.15) is 4.90 Å². The molecule has 0 aromatic heterocycles.